The Balaban J connectivity index is 1.30. The van der Waals surface area contributed by atoms with E-state index in [1.165, 1.54) is 50.2 Å². The molecular formula is C22H32N4O. The van der Waals surface area contributed by atoms with Gasteiger partial charge in [0.25, 0.3) is 0 Å². The van der Waals surface area contributed by atoms with E-state index in [4.69, 9.17) is 4.74 Å². The van der Waals surface area contributed by atoms with Crippen molar-refractivity contribution in [1.82, 2.24) is 19.6 Å². The molecule has 1 aromatic heterocycles. The molecule has 1 atom stereocenters. The Morgan fingerprint density at radius 1 is 0.963 bits per heavy atom. The van der Waals surface area contributed by atoms with Crippen LogP contribution in [0.3, 0.4) is 0 Å². The number of nitrogens with zero attached hydrogens (tertiary/aromatic N) is 4. The predicted octanol–water partition coefficient (Wildman–Crippen LogP) is 3.02. The minimum absolute atomic E-state index is 0.637. The van der Waals surface area contributed by atoms with Gasteiger partial charge in [-0.15, -0.1) is 0 Å². The summed E-state index contributed by atoms with van der Waals surface area (Å²) in [4.78, 5) is 5.22. The van der Waals surface area contributed by atoms with Crippen LogP contribution in [0.5, 0.6) is 0 Å². The summed E-state index contributed by atoms with van der Waals surface area (Å²) in [6.45, 7) is 9.34. The lowest BCUT2D eigenvalue weighted by molar-refractivity contribution is 0.0810. The number of hydrogen-bond acceptors (Lipinski definition) is 4. The molecule has 0 aliphatic carbocycles. The first-order valence-electron chi connectivity index (χ1n) is 10.4. The second-order valence-corrected chi connectivity index (χ2v) is 8.01. The molecule has 0 saturated carbocycles. The highest BCUT2D eigenvalue weighted by Crippen LogP contribution is 2.18. The van der Waals surface area contributed by atoms with E-state index >= 15 is 0 Å². The lowest BCUT2D eigenvalue weighted by atomic mass is 10.1. The number of aromatic nitrogens is 2. The van der Waals surface area contributed by atoms with Crippen molar-refractivity contribution in [2.45, 2.75) is 39.0 Å². The van der Waals surface area contributed by atoms with Gasteiger partial charge in [0.15, 0.2) is 0 Å². The maximum atomic E-state index is 5.94. The van der Waals surface area contributed by atoms with Crippen LogP contribution < -0.4 is 0 Å². The maximum absolute atomic E-state index is 5.94. The third-order valence-corrected chi connectivity index (χ3v) is 5.77. The SMILES string of the molecule is c1ccc(COCCN2Cc3ccnn3CC(CN3CCCCC3)C2)cc1. The van der Waals surface area contributed by atoms with E-state index in [0.717, 1.165) is 32.8 Å². The molecule has 5 heteroatoms. The summed E-state index contributed by atoms with van der Waals surface area (Å²) in [5.41, 5.74) is 2.58. The predicted molar refractivity (Wildman–Crippen MR) is 107 cm³/mol. The molecule has 3 heterocycles. The van der Waals surface area contributed by atoms with E-state index in [-0.39, 0.29) is 0 Å². The van der Waals surface area contributed by atoms with Gasteiger partial charge in [-0.05, 0) is 37.6 Å². The fourth-order valence-corrected chi connectivity index (χ4v) is 4.37. The maximum Gasteiger partial charge on any atom is 0.0717 e. The van der Waals surface area contributed by atoms with Gasteiger partial charge in [0.2, 0.25) is 0 Å². The van der Waals surface area contributed by atoms with Crippen LogP contribution in [0.15, 0.2) is 42.6 Å². The summed E-state index contributed by atoms with van der Waals surface area (Å²) in [5, 5.41) is 4.57. The molecule has 0 spiro atoms. The van der Waals surface area contributed by atoms with Crippen LogP contribution in [0.25, 0.3) is 0 Å². The normalized spacial score (nSPS) is 21.7. The Kier molecular flexibility index (Phi) is 6.56. The van der Waals surface area contributed by atoms with Crippen molar-refractivity contribution in [1.29, 1.82) is 0 Å². The quantitative estimate of drug-likeness (QED) is 0.704. The van der Waals surface area contributed by atoms with Crippen LogP contribution in [-0.2, 0) is 24.4 Å². The summed E-state index contributed by atoms with van der Waals surface area (Å²) < 4.78 is 8.17. The molecule has 0 bridgehead atoms. The monoisotopic (exact) mass is 368 g/mol. The Hall–Kier alpha value is -1.69. The van der Waals surface area contributed by atoms with Gasteiger partial charge in [-0.25, -0.2) is 0 Å². The fraction of sp³-hybridized carbons (Fsp3) is 0.591. The zero-order valence-electron chi connectivity index (χ0n) is 16.3. The molecule has 0 N–H and O–H groups in total. The van der Waals surface area contributed by atoms with Crippen LogP contribution >= 0.6 is 0 Å². The summed E-state index contributed by atoms with van der Waals surface area (Å²) in [6, 6.07) is 12.6. The second kappa shape index (κ2) is 9.49. The van der Waals surface area contributed by atoms with E-state index in [0.29, 0.717) is 12.5 Å². The van der Waals surface area contributed by atoms with Crippen molar-refractivity contribution in [3.05, 3.63) is 53.9 Å². The summed E-state index contributed by atoms with van der Waals surface area (Å²) in [6.07, 6.45) is 6.06. The van der Waals surface area contributed by atoms with Crippen molar-refractivity contribution < 1.29 is 4.74 Å². The summed E-state index contributed by atoms with van der Waals surface area (Å²) >= 11 is 0. The van der Waals surface area contributed by atoms with Gasteiger partial charge >= 0.3 is 0 Å². The Labute approximate surface area is 162 Å². The van der Waals surface area contributed by atoms with E-state index in [1.807, 2.05) is 12.3 Å². The number of piperidine rings is 1. The van der Waals surface area contributed by atoms with Crippen molar-refractivity contribution in [3.63, 3.8) is 0 Å². The zero-order valence-corrected chi connectivity index (χ0v) is 16.3. The minimum Gasteiger partial charge on any atom is -0.375 e. The number of likely N-dealkylation sites (tertiary alicyclic amines) is 1. The number of benzene rings is 1. The van der Waals surface area contributed by atoms with Gasteiger partial charge in [-0.3, -0.25) is 9.58 Å². The molecule has 1 fully saturated rings. The van der Waals surface area contributed by atoms with Crippen LogP contribution in [-0.4, -0.2) is 58.9 Å². The van der Waals surface area contributed by atoms with Crippen molar-refractivity contribution in [2.75, 3.05) is 39.3 Å². The smallest absolute Gasteiger partial charge is 0.0717 e. The zero-order chi connectivity index (χ0) is 18.3. The number of rotatable bonds is 7. The van der Waals surface area contributed by atoms with Crippen molar-refractivity contribution in [2.24, 2.45) is 5.92 Å². The molecule has 2 aliphatic heterocycles. The molecule has 2 aromatic rings. The molecular weight excluding hydrogens is 336 g/mol. The molecule has 1 unspecified atom stereocenters. The van der Waals surface area contributed by atoms with Gasteiger partial charge in [0, 0.05) is 44.8 Å². The van der Waals surface area contributed by atoms with Crippen LogP contribution in [0.1, 0.15) is 30.5 Å². The molecule has 2 aliphatic rings. The number of ether oxygens (including phenoxy) is 1. The topological polar surface area (TPSA) is 33.5 Å². The molecule has 0 radical (unpaired) electrons. The Bertz CT molecular complexity index is 681. The van der Waals surface area contributed by atoms with Crippen LogP contribution in [0.2, 0.25) is 0 Å². The molecule has 5 nitrogen and oxygen atoms in total. The Morgan fingerprint density at radius 3 is 2.67 bits per heavy atom. The minimum atomic E-state index is 0.637. The van der Waals surface area contributed by atoms with Gasteiger partial charge in [0.1, 0.15) is 0 Å². The van der Waals surface area contributed by atoms with E-state index in [9.17, 15) is 0 Å². The lowest BCUT2D eigenvalue weighted by Gasteiger charge is -2.31. The molecule has 1 saturated heterocycles. The first-order valence-corrected chi connectivity index (χ1v) is 10.4. The third kappa shape index (κ3) is 5.41. The van der Waals surface area contributed by atoms with E-state index in [1.54, 1.807) is 0 Å². The van der Waals surface area contributed by atoms with E-state index in [2.05, 4.69) is 49.9 Å². The highest BCUT2D eigenvalue weighted by molar-refractivity contribution is 5.13. The van der Waals surface area contributed by atoms with Crippen molar-refractivity contribution in [3.8, 4) is 0 Å². The van der Waals surface area contributed by atoms with Crippen molar-refractivity contribution >= 4 is 0 Å². The highest BCUT2D eigenvalue weighted by Gasteiger charge is 2.24. The Morgan fingerprint density at radius 2 is 1.81 bits per heavy atom. The fourth-order valence-electron chi connectivity index (χ4n) is 4.37. The number of fused-ring (bicyclic) bond motifs is 1. The molecule has 1 aromatic carbocycles. The molecule has 27 heavy (non-hydrogen) atoms. The van der Waals surface area contributed by atoms with E-state index < -0.39 is 0 Å². The van der Waals surface area contributed by atoms with Gasteiger partial charge in [-0.1, -0.05) is 36.8 Å². The third-order valence-electron chi connectivity index (χ3n) is 5.77. The first-order chi connectivity index (χ1) is 13.4. The second-order valence-electron chi connectivity index (χ2n) is 8.01. The average molecular weight is 369 g/mol. The molecule has 4 rings (SSSR count). The highest BCUT2D eigenvalue weighted by atomic mass is 16.5. The summed E-state index contributed by atoms with van der Waals surface area (Å²) in [7, 11) is 0. The number of hydrogen-bond donors (Lipinski definition) is 0. The summed E-state index contributed by atoms with van der Waals surface area (Å²) in [5.74, 6) is 0.637. The van der Waals surface area contributed by atoms with Gasteiger partial charge < -0.3 is 9.64 Å². The van der Waals surface area contributed by atoms with Gasteiger partial charge in [0.05, 0.1) is 18.9 Å². The van der Waals surface area contributed by atoms with Gasteiger partial charge in [-0.2, -0.15) is 5.10 Å². The standard InChI is InChI=1S/C22H32N4O/c1-3-7-20(8-4-1)19-27-14-13-25-16-21(15-24-11-5-2-6-12-24)17-26-22(18-25)9-10-23-26/h1,3-4,7-10,21H,2,5-6,11-19H2. The van der Waals surface area contributed by atoms with Crippen LogP contribution in [0, 0.1) is 5.92 Å². The van der Waals surface area contributed by atoms with Crippen LogP contribution in [0.4, 0.5) is 0 Å². The lowest BCUT2D eigenvalue weighted by Crippen LogP contribution is -2.39. The average Bonchev–Trinajstić information content (AvgIpc) is 3.06. The molecule has 0 amide bonds. The largest absolute Gasteiger partial charge is 0.375 e. The molecule has 146 valence electrons. The first kappa shape index (κ1) is 18.7.